The smallest absolute Gasteiger partial charge is 0.415 e. The average molecular weight is 1250 g/mol. The maximum atomic E-state index is 14.5. The third-order valence-corrected chi connectivity index (χ3v) is 16.7. The summed E-state index contributed by atoms with van der Waals surface area (Å²) in [6.45, 7) is 8.55. The van der Waals surface area contributed by atoms with Crippen LogP contribution in [0.4, 0.5) is 42.8 Å². The lowest BCUT2D eigenvalue weighted by Gasteiger charge is -2.43. The van der Waals surface area contributed by atoms with Crippen molar-refractivity contribution in [3.8, 4) is 16.9 Å². The quantitative estimate of drug-likeness (QED) is 0.0321. The van der Waals surface area contributed by atoms with Crippen LogP contribution in [0.25, 0.3) is 11.1 Å². The number of carbonyl (C=O) groups is 8. The van der Waals surface area contributed by atoms with E-state index < -0.39 is 69.9 Å². The molecular formula is C65H72N10O14S. The molecule has 0 unspecified atom stereocenters. The Bertz CT molecular complexity index is 3700. The van der Waals surface area contributed by atoms with Gasteiger partial charge in [-0.05, 0) is 127 Å². The topological polar surface area (TPSA) is 304 Å². The first-order valence-corrected chi connectivity index (χ1v) is 31.1. The Morgan fingerprint density at radius 1 is 0.711 bits per heavy atom. The Balaban J connectivity index is 0.782. The number of fused-ring (bicyclic) bond motifs is 4. The Kier molecular flexibility index (Phi) is 20.8. The highest BCUT2D eigenvalue weighted by molar-refractivity contribution is 7.85. The van der Waals surface area contributed by atoms with Gasteiger partial charge < -0.3 is 55.9 Å². The largest absolute Gasteiger partial charge is 0.492 e. The van der Waals surface area contributed by atoms with E-state index >= 15 is 0 Å². The van der Waals surface area contributed by atoms with Crippen molar-refractivity contribution in [1.29, 1.82) is 0 Å². The van der Waals surface area contributed by atoms with Gasteiger partial charge in [0.25, 0.3) is 10.1 Å². The van der Waals surface area contributed by atoms with Crippen LogP contribution < -0.4 is 46.4 Å². The van der Waals surface area contributed by atoms with Gasteiger partial charge in [-0.2, -0.15) is 8.42 Å². The fourth-order valence-electron chi connectivity index (χ4n) is 11.2. The number of amides is 9. The highest BCUT2D eigenvalue weighted by atomic mass is 32.2. The SMILES string of the molecule is CCC(=O)N1c2ccccc2[C@H](N(C(=O)OCc2ccc(NC(=O)[C@H](C)NC(=O)[C@H](CS(=O)(=O)O)NC(=O)OCC3c4ccccc4-c4ccccc43)cc2)c2ccc(NC(=O)CNC(=O)Nc3ccc(OCCN4CCN(C)C(=O)[C@H]4C)cc3)cc2)C[C@@H]1C. The molecule has 24 nitrogen and oxygen atoms in total. The molecule has 9 rings (SSSR count). The fourth-order valence-corrected chi connectivity index (χ4v) is 11.9. The van der Waals surface area contributed by atoms with E-state index in [0.29, 0.717) is 65.7 Å². The minimum atomic E-state index is -4.82. The molecule has 0 bridgehead atoms. The number of anilines is 5. The van der Waals surface area contributed by atoms with E-state index in [1.807, 2.05) is 86.6 Å². The van der Waals surface area contributed by atoms with Crippen molar-refractivity contribution in [2.45, 2.75) is 83.3 Å². The summed E-state index contributed by atoms with van der Waals surface area (Å²) in [7, 11) is -3.03. The molecule has 0 radical (unpaired) electrons. The molecule has 90 heavy (non-hydrogen) atoms. The highest BCUT2D eigenvalue weighted by Gasteiger charge is 2.40. The monoisotopic (exact) mass is 1250 g/mol. The predicted molar refractivity (Wildman–Crippen MR) is 337 cm³/mol. The molecule has 7 N–H and O–H groups in total. The summed E-state index contributed by atoms with van der Waals surface area (Å²) in [6.07, 6.45) is -1.25. The van der Waals surface area contributed by atoms with Crippen LogP contribution in [0.1, 0.15) is 74.8 Å². The van der Waals surface area contributed by atoms with Crippen molar-refractivity contribution < 1.29 is 65.5 Å². The lowest BCUT2D eigenvalue weighted by atomic mass is 9.90. The lowest BCUT2D eigenvalue weighted by molar-refractivity contribution is -0.139. The maximum Gasteiger partial charge on any atom is 0.415 e. The summed E-state index contributed by atoms with van der Waals surface area (Å²) in [4.78, 5) is 113. The standard InChI is InChI=1S/C65H72N10O14S/c1-6-59(77)74-40(2)35-57(53-17-11-12-18-56(53)74)75(47-27-23-44(24-28-47)68-58(76)36-66-63(81)70-46-25-29-48(30-26-46)87-34-33-73-32-31-72(5)62(80)42(73)4)65(83)89-37-43-19-21-45(22-20-43)69-60(78)41(3)67-61(79)55(39-90(84,85)86)71-64(82)88-38-54-51-15-9-7-13-49(51)50-14-8-10-16-52(50)54/h7-30,40-42,54-55,57H,6,31-39H2,1-5H3,(H,67,79)(H,68,76)(H,69,78)(H,71,82)(H2,66,70,81)(H,84,85,86)/t40-,41-,42+,55-,57+/m0/s1. The molecule has 6 aromatic rings. The molecule has 5 atom stereocenters. The number of rotatable bonds is 22. The number of nitrogens with zero attached hydrogens (tertiary/aromatic N) is 4. The first-order chi connectivity index (χ1) is 43.1. The number of likely N-dealkylation sites (N-methyl/N-ethyl adjacent to an activating group) is 1. The summed E-state index contributed by atoms with van der Waals surface area (Å²) in [5.74, 6) is -3.29. The summed E-state index contributed by atoms with van der Waals surface area (Å²) in [6, 6.07) is 37.3. The van der Waals surface area contributed by atoms with E-state index in [2.05, 4.69) is 36.8 Å². The van der Waals surface area contributed by atoms with Crippen molar-refractivity contribution >= 4 is 86.3 Å². The van der Waals surface area contributed by atoms with E-state index in [1.165, 1.54) is 11.8 Å². The number of piperazine rings is 1. The minimum absolute atomic E-state index is 0.0741. The molecule has 1 fully saturated rings. The molecule has 9 amide bonds. The molecule has 0 spiro atoms. The lowest BCUT2D eigenvalue weighted by Crippen LogP contribution is -2.55. The van der Waals surface area contributed by atoms with Crippen molar-refractivity contribution in [3.05, 3.63) is 168 Å². The Morgan fingerprint density at radius 2 is 1.31 bits per heavy atom. The second-order valence-electron chi connectivity index (χ2n) is 22.1. The number of para-hydroxylation sites is 1. The van der Waals surface area contributed by atoms with E-state index in [1.54, 1.807) is 96.6 Å². The number of carbonyl (C=O) groups excluding carboxylic acids is 8. The second kappa shape index (κ2) is 29.0. The highest BCUT2D eigenvalue weighted by Crippen LogP contribution is 2.45. The number of hydrogen-bond donors (Lipinski definition) is 7. The number of alkyl carbamates (subject to hydrolysis) is 1. The van der Waals surface area contributed by atoms with Crippen molar-refractivity contribution in [2.24, 2.45) is 0 Å². The van der Waals surface area contributed by atoms with Crippen LogP contribution in [0.15, 0.2) is 146 Å². The van der Waals surface area contributed by atoms with Crippen molar-refractivity contribution in [2.75, 3.05) is 77.9 Å². The maximum absolute atomic E-state index is 14.5. The summed E-state index contributed by atoms with van der Waals surface area (Å²) >= 11 is 0. The summed E-state index contributed by atoms with van der Waals surface area (Å²) in [5, 5.41) is 15.3. The first kappa shape index (κ1) is 64.6. The Labute approximate surface area is 521 Å². The first-order valence-electron chi connectivity index (χ1n) is 29.4. The molecule has 25 heteroatoms. The van der Waals surface area contributed by atoms with E-state index in [-0.39, 0.29) is 61.7 Å². The van der Waals surface area contributed by atoms with Gasteiger partial charge in [-0.25, -0.2) is 14.4 Å². The van der Waals surface area contributed by atoms with Gasteiger partial charge in [-0.3, -0.25) is 38.3 Å². The molecule has 0 aromatic heterocycles. The van der Waals surface area contributed by atoms with Crippen LogP contribution in [0.5, 0.6) is 5.75 Å². The zero-order valence-electron chi connectivity index (χ0n) is 50.3. The molecule has 3 aliphatic rings. The van der Waals surface area contributed by atoms with Gasteiger partial charge in [0.1, 0.15) is 43.4 Å². The van der Waals surface area contributed by atoms with Crippen molar-refractivity contribution in [1.82, 2.24) is 25.8 Å². The number of ether oxygens (including phenoxy) is 3. The average Bonchev–Trinajstić information content (AvgIpc) is 1.31. The van der Waals surface area contributed by atoms with Gasteiger partial charge in [0.2, 0.25) is 29.5 Å². The van der Waals surface area contributed by atoms with Gasteiger partial charge in [0.05, 0.1) is 18.6 Å². The molecule has 1 aliphatic carbocycles. The molecule has 0 saturated carbocycles. The van der Waals surface area contributed by atoms with Crippen LogP contribution in [-0.4, -0.2) is 147 Å². The van der Waals surface area contributed by atoms with Gasteiger partial charge >= 0.3 is 18.2 Å². The predicted octanol–water partition coefficient (Wildman–Crippen LogP) is 7.65. The van der Waals surface area contributed by atoms with E-state index in [4.69, 9.17) is 14.2 Å². The van der Waals surface area contributed by atoms with Crippen LogP contribution >= 0.6 is 0 Å². The number of benzene rings is 6. The Morgan fingerprint density at radius 3 is 1.97 bits per heavy atom. The van der Waals surface area contributed by atoms with Gasteiger partial charge in [-0.1, -0.05) is 85.8 Å². The minimum Gasteiger partial charge on any atom is -0.492 e. The van der Waals surface area contributed by atoms with E-state index in [0.717, 1.165) is 28.8 Å². The summed E-state index contributed by atoms with van der Waals surface area (Å²) < 4.78 is 51.1. The Hall–Kier alpha value is -9.85. The number of nitrogens with one attached hydrogen (secondary N) is 6. The van der Waals surface area contributed by atoms with Gasteiger partial charge in [0.15, 0.2) is 0 Å². The molecule has 6 aromatic carbocycles. The van der Waals surface area contributed by atoms with E-state index in [9.17, 15) is 51.3 Å². The second-order valence-corrected chi connectivity index (χ2v) is 23.6. The van der Waals surface area contributed by atoms with Crippen LogP contribution in [0.3, 0.4) is 0 Å². The van der Waals surface area contributed by atoms with Gasteiger partial charge in [0, 0.05) is 73.5 Å². The fraction of sp³-hybridized carbons (Fsp3) is 0.323. The van der Waals surface area contributed by atoms with Crippen LogP contribution in [-0.2, 0) is 50.2 Å². The molecule has 2 aliphatic heterocycles. The molecule has 1 saturated heterocycles. The third kappa shape index (κ3) is 16.1. The molecule has 472 valence electrons. The summed E-state index contributed by atoms with van der Waals surface area (Å²) in [5.41, 5.74) is 7.23. The van der Waals surface area contributed by atoms with Crippen molar-refractivity contribution in [3.63, 3.8) is 0 Å². The van der Waals surface area contributed by atoms with Crippen LogP contribution in [0, 0.1) is 0 Å². The van der Waals surface area contributed by atoms with Crippen LogP contribution in [0.2, 0.25) is 0 Å². The normalized spacial score (nSPS) is 16.8. The molecule has 2 heterocycles. The zero-order chi connectivity index (χ0) is 64.2. The number of urea groups is 1. The third-order valence-electron chi connectivity index (χ3n) is 15.9. The zero-order valence-corrected chi connectivity index (χ0v) is 51.2. The van der Waals surface area contributed by atoms with Gasteiger partial charge in [-0.15, -0.1) is 0 Å². The number of hydrogen-bond acceptors (Lipinski definition) is 14. The molecular weight excluding hydrogens is 1180 g/mol.